The molecule has 2 aromatic carbocycles. The van der Waals surface area contributed by atoms with Crippen molar-refractivity contribution < 1.29 is 28.6 Å². The molecule has 1 aromatic heterocycles. The highest BCUT2D eigenvalue weighted by atomic mass is 35.5. The van der Waals surface area contributed by atoms with E-state index in [0.29, 0.717) is 23.0 Å². The van der Waals surface area contributed by atoms with Crippen LogP contribution in [0.15, 0.2) is 58.5 Å². The number of aliphatic hydroxyl groups excluding tert-OH is 1. The van der Waals surface area contributed by atoms with E-state index in [1.54, 1.807) is 31.2 Å². The maximum Gasteiger partial charge on any atom is 0.300 e. The van der Waals surface area contributed by atoms with E-state index in [2.05, 4.69) is 0 Å². The van der Waals surface area contributed by atoms with E-state index in [4.69, 9.17) is 25.5 Å². The first-order valence-corrected chi connectivity index (χ1v) is 11.1. The van der Waals surface area contributed by atoms with Crippen molar-refractivity contribution in [1.29, 1.82) is 0 Å². The Balaban J connectivity index is 1.94. The van der Waals surface area contributed by atoms with E-state index in [1.807, 2.05) is 31.1 Å². The standard InChI is InChI=1S/C26H25ClN2O6/c1-14-6-11-19(35-14)23-22(24(30)17-12-18(27)21(34-5)13-20(17)33-4)25(31)26(32)29(23)16-9-7-15(8-10-16)28(2)3/h6-13,23,30H,1-5H3/b24-22+. The molecule has 1 N–H and O–H groups in total. The van der Waals surface area contributed by atoms with Crippen molar-refractivity contribution in [3.8, 4) is 11.5 Å². The molecule has 3 aromatic rings. The summed E-state index contributed by atoms with van der Waals surface area (Å²) in [4.78, 5) is 29.8. The average molecular weight is 497 g/mol. The molecule has 182 valence electrons. The molecule has 1 fully saturated rings. The molecule has 1 saturated heterocycles. The van der Waals surface area contributed by atoms with Crippen LogP contribution in [0.3, 0.4) is 0 Å². The zero-order valence-corrected chi connectivity index (χ0v) is 20.7. The molecule has 1 aliphatic rings. The summed E-state index contributed by atoms with van der Waals surface area (Å²) in [5.74, 6) is -0.596. The Morgan fingerprint density at radius 3 is 2.23 bits per heavy atom. The Bertz CT molecular complexity index is 1330. The summed E-state index contributed by atoms with van der Waals surface area (Å²) in [7, 11) is 6.67. The summed E-state index contributed by atoms with van der Waals surface area (Å²) in [5, 5.41) is 11.6. The molecule has 1 amide bonds. The van der Waals surface area contributed by atoms with E-state index in [0.717, 1.165) is 5.69 Å². The van der Waals surface area contributed by atoms with Gasteiger partial charge in [-0.15, -0.1) is 0 Å². The first-order valence-electron chi connectivity index (χ1n) is 10.7. The molecule has 8 nitrogen and oxygen atoms in total. The number of furan rings is 1. The zero-order chi connectivity index (χ0) is 25.4. The Morgan fingerprint density at radius 2 is 1.69 bits per heavy atom. The van der Waals surface area contributed by atoms with Crippen LogP contribution >= 0.6 is 11.6 Å². The normalized spacial score (nSPS) is 17.1. The summed E-state index contributed by atoms with van der Waals surface area (Å²) in [6, 6.07) is 12.5. The van der Waals surface area contributed by atoms with E-state index in [1.165, 1.54) is 31.3 Å². The number of hydrogen-bond donors (Lipinski definition) is 1. The van der Waals surface area contributed by atoms with Crippen molar-refractivity contribution in [3.05, 3.63) is 76.2 Å². The molecule has 4 rings (SSSR count). The van der Waals surface area contributed by atoms with Gasteiger partial charge in [-0.3, -0.25) is 14.5 Å². The van der Waals surface area contributed by atoms with Gasteiger partial charge < -0.3 is 23.9 Å². The highest BCUT2D eigenvalue weighted by Gasteiger charge is 2.48. The highest BCUT2D eigenvalue weighted by molar-refractivity contribution is 6.51. The molecule has 0 bridgehead atoms. The highest BCUT2D eigenvalue weighted by Crippen LogP contribution is 2.45. The number of hydrogen-bond acceptors (Lipinski definition) is 7. The number of rotatable bonds is 6. The molecule has 0 radical (unpaired) electrons. The summed E-state index contributed by atoms with van der Waals surface area (Å²) in [6.07, 6.45) is 0. The molecule has 9 heteroatoms. The van der Waals surface area contributed by atoms with Crippen LogP contribution in [0, 0.1) is 6.92 Å². The lowest BCUT2D eigenvalue weighted by atomic mass is 9.98. The first-order chi connectivity index (χ1) is 16.7. The van der Waals surface area contributed by atoms with Crippen LogP contribution in [0.4, 0.5) is 11.4 Å². The number of anilines is 2. The number of Topliss-reactive ketones (excluding diaryl/α,β-unsaturated/α-hetero) is 1. The van der Waals surface area contributed by atoms with E-state index in [9.17, 15) is 14.7 Å². The predicted octanol–water partition coefficient (Wildman–Crippen LogP) is 4.95. The van der Waals surface area contributed by atoms with Crippen LogP contribution < -0.4 is 19.3 Å². The molecule has 0 spiro atoms. The zero-order valence-electron chi connectivity index (χ0n) is 20.0. The number of nitrogens with zero attached hydrogens (tertiary/aromatic N) is 2. The lowest BCUT2D eigenvalue weighted by Crippen LogP contribution is -2.29. The minimum Gasteiger partial charge on any atom is -0.507 e. The lowest BCUT2D eigenvalue weighted by Gasteiger charge is -2.24. The number of halogens is 1. The number of benzene rings is 2. The summed E-state index contributed by atoms with van der Waals surface area (Å²) < 4.78 is 16.5. The van der Waals surface area contributed by atoms with Gasteiger partial charge in [0.1, 0.15) is 34.8 Å². The van der Waals surface area contributed by atoms with Gasteiger partial charge in [-0.1, -0.05) is 11.6 Å². The monoisotopic (exact) mass is 496 g/mol. The summed E-state index contributed by atoms with van der Waals surface area (Å²) in [6.45, 7) is 1.76. The van der Waals surface area contributed by atoms with Crippen molar-refractivity contribution >= 4 is 40.4 Å². The van der Waals surface area contributed by atoms with Crippen molar-refractivity contribution in [2.45, 2.75) is 13.0 Å². The Hall–Kier alpha value is -3.91. The van der Waals surface area contributed by atoms with Crippen LogP contribution in [0.25, 0.3) is 5.76 Å². The molecule has 1 atom stereocenters. The fourth-order valence-electron chi connectivity index (χ4n) is 4.07. The van der Waals surface area contributed by atoms with Crippen LogP contribution in [0.1, 0.15) is 23.1 Å². The van der Waals surface area contributed by atoms with E-state index >= 15 is 0 Å². The van der Waals surface area contributed by atoms with Crippen LogP contribution in [0.2, 0.25) is 5.02 Å². The summed E-state index contributed by atoms with van der Waals surface area (Å²) in [5.41, 5.74) is 1.41. The largest absolute Gasteiger partial charge is 0.507 e. The molecular weight excluding hydrogens is 472 g/mol. The minimum absolute atomic E-state index is 0.138. The molecule has 0 aliphatic carbocycles. The number of ketones is 1. The maximum absolute atomic E-state index is 13.3. The molecule has 1 unspecified atom stereocenters. The smallest absolute Gasteiger partial charge is 0.300 e. The van der Waals surface area contributed by atoms with Crippen LogP contribution in [0.5, 0.6) is 11.5 Å². The van der Waals surface area contributed by atoms with Gasteiger partial charge in [0, 0.05) is 31.5 Å². The third kappa shape index (κ3) is 4.21. The predicted molar refractivity (Wildman–Crippen MR) is 134 cm³/mol. The number of carbonyl (C=O) groups is 2. The Kier molecular flexibility index (Phi) is 6.49. The van der Waals surface area contributed by atoms with Gasteiger partial charge in [0.05, 0.1) is 30.4 Å². The SMILES string of the molecule is COc1cc(OC)c(/C(O)=C2\C(=O)C(=O)N(c3ccc(N(C)C)cc3)C2c2ccc(C)o2)cc1Cl. The second kappa shape index (κ2) is 9.38. The van der Waals surface area contributed by atoms with Gasteiger partial charge in [-0.25, -0.2) is 0 Å². The van der Waals surface area contributed by atoms with Gasteiger partial charge >= 0.3 is 0 Å². The third-order valence-electron chi connectivity index (χ3n) is 5.85. The fraction of sp³-hybridized carbons (Fsp3) is 0.231. The number of methoxy groups -OCH3 is 2. The fourth-order valence-corrected chi connectivity index (χ4v) is 4.31. The quantitative estimate of drug-likeness (QED) is 0.293. The second-order valence-electron chi connectivity index (χ2n) is 8.22. The third-order valence-corrected chi connectivity index (χ3v) is 6.14. The maximum atomic E-state index is 13.3. The van der Waals surface area contributed by atoms with Gasteiger partial charge in [0.2, 0.25) is 0 Å². The molecule has 2 heterocycles. The number of ether oxygens (including phenoxy) is 2. The van der Waals surface area contributed by atoms with Crippen molar-refractivity contribution in [3.63, 3.8) is 0 Å². The van der Waals surface area contributed by atoms with Crippen LogP contribution in [-0.2, 0) is 9.59 Å². The molecular formula is C26H25ClN2O6. The topological polar surface area (TPSA) is 92.4 Å². The molecule has 35 heavy (non-hydrogen) atoms. The molecule has 0 saturated carbocycles. The van der Waals surface area contributed by atoms with E-state index < -0.39 is 23.5 Å². The molecule has 1 aliphatic heterocycles. The average Bonchev–Trinajstić information content (AvgIpc) is 3.39. The van der Waals surface area contributed by atoms with Gasteiger partial charge in [0.25, 0.3) is 11.7 Å². The number of carbonyl (C=O) groups excluding carboxylic acids is 2. The second-order valence-corrected chi connectivity index (χ2v) is 8.62. The number of aliphatic hydroxyl groups is 1. The summed E-state index contributed by atoms with van der Waals surface area (Å²) >= 11 is 6.30. The number of aryl methyl sites for hydroxylation is 1. The van der Waals surface area contributed by atoms with E-state index in [-0.39, 0.29) is 21.9 Å². The van der Waals surface area contributed by atoms with Crippen molar-refractivity contribution in [2.75, 3.05) is 38.1 Å². The van der Waals surface area contributed by atoms with Gasteiger partial charge in [-0.05, 0) is 49.4 Å². The minimum atomic E-state index is -1.00. The van der Waals surface area contributed by atoms with Crippen molar-refractivity contribution in [2.24, 2.45) is 0 Å². The van der Waals surface area contributed by atoms with Gasteiger partial charge in [-0.2, -0.15) is 0 Å². The Morgan fingerprint density at radius 1 is 1.03 bits per heavy atom. The Labute approximate surface area is 207 Å². The van der Waals surface area contributed by atoms with Crippen LogP contribution in [-0.4, -0.2) is 45.1 Å². The number of amides is 1. The lowest BCUT2D eigenvalue weighted by molar-refractivity contribution is -0.132. The van der Waals surface area contributed by atoms with Gasteiger partial charge in [0.15, 0.2) is 0 Å². The van der Waals surface area contributed by atoms with Crippen molar-refractivity contribution in [1.82, 2.24) is 0 Å². The first kappa shape index (κ1) is 24.2.